The summed E-state index contributed by atoms with van der Waals surface area (Å²) in [6.07, 6.45) is 0.977. The lowest BCUT2D eigenvalue weighted by Crippen LogP contribution is -2.32. The zero-order valence-corrected chi connectivity index (χ0v) is 9.96. The van der Waals surface area contributed by atoms with Gasteiger partial charge < -0.3 is 10.4 Å². The van der Waals surface area contributed by atoms with Gasteiger partial charge in [-0.25, -0.2) is 0 Å². The number of rotatable bonds is 5. The number of aliphatic hydroxyl groups is 1. The maximum absolute atomic E-state index is 8.99. The molecule has 3 heteroatoms. The first-order valence-corrected chi connectivity index (χ1v) is 5.67. The highest BCUT2D eigenvalue weighted by molar-refractivity contribution is 6.30. The van der Waals surface area contributed by atoms with Gasteiger partial charge in [-0.15, -0.1) is 0 Å². The quantitative estimate of drug-likeness (QED) is 0.811. The maximum Gasteiger partial charge on any atom is 0.0582 e. The molecule has 2 atom stereocenters. The molecule has 1 aromatic rings. The summed E-state index contributed by atoms with van der Waals surface area (Å²) in [6.45, 7) is 4.23. The Balaban J connectivity index is 2.73. The molecule has 0 aliphatic heterocycles. The van der Waals surface area contributed by atoms with E-state index in [4.69, 9.17) is 16.7 Å². The second-order valence-electron chi connectivity index (χ2n) is 3.77. The van der Waals surface area contributed by atoms with Crippen LogP contribution in [0.2, 0.25) is 5.02 Å². The van der Waals surface area contributed by atoms with Crippen LogP contribution in [0.4, 0.5) is 0 Å². The summed E-state index contributed by atoms with van der Waals surface area (Å²) in [5.41, 5.74) is 1.17. The van der Waals surface area contributed by atoms with Gasteiger partial charge in [0.05, 0.1) is 6.61 Å². The van der Waals surface area contributed by atoms with Crippen molar-refractivity contribution >= 4 is 11.6 Å². The molecule has 2 N–H and O–H groups in total. The van der Waals surface area contributed by atoms with Crippen LogP contribution < -0.4 is 5.32 Å². The average Bonchev–Trinajstić information content (AvgIpc) is 2.25. The molecule has 0 amide bonds. The Hall–Kier alpha value is -0.570. The highest BCUT2D eigenvalue weighted by Gasteiger charge is 2.11. The third kappa shape index (κ3) is 3.82. The molecule has 1 unspecified atom stereocenters. The molecule has 0 saturated carbocycles. The van der Waals surface area contributed by atoms with E-state index in [0.29, 0.717) is 0 Å². The van der Waals surface area contributed by atoms with E-state index in [0.717, 1.165) is 11.4 Å². The monoisotopic (exact) mass is 227 g/mol. The van der Waals surface area contributed by atoms with Crippen molar-refractivity contribution in [3.63, 3.8) is 0 Å². The molecule has 0 spiro atoms. The first kappa shape index (κ1) is 12.5. The summed E-state index contributed by atoms with van der Waals surface area (Å²) < 4.78 is 0. The van der Waals surface area contributed by atoms with E-state index < -0.39 is 0 Å². The topological polar surface area (TPSA) is 32.3 Å². The number of aliphatic hydroxyl groups excluding tert-OH is 1. The molecule has 2 nitrogen and oxygen atoms in total. The van der Waals surface area contributed by atoms with Crippen molar-refractivity contribution in [3.8, 4) is 0 Å². The smallest absolute Gasteiger partial charge is 0.0582 e. The first-order valence-electron chi connectivity index (χ1n) is 5.29. The number of hydrogen-bond donors (Lipinski definition) is 2. The lowest BCUT2D eigenvalue weighted by molar-refractivity contribution is 0.239. The summed E-state index contributed by atoms with van der Waals surface area (Å²) >= 11 is 5.94. The van der Waals surface area contributed by atoms with Gasteiger partial charge in [0.25, 0.3) is 0 Å². The molecule has 1 aromatic carbocycles. The van der Waals surface area contributed by atoms with Crippen LogP contribution in [0.5, 0.6) is 0 Å². The zero-order valence-electron chi connectivity index (χ0n) is 9.20. The van der Waals surface area contributed by atoms with Gasteiger partial charge in [-0.1, -0.05) is 30.7 Å². The van der Waals surface area contributed by atoms with Crippen molar-refractivity contribution in [1.29, 1.82) is 0 Å². The summed E-state index contributed by atoms with van der Waals surface area (Å²) in [5.74, 6) is 0. The Morgan fingerprint density at radius 2 is 2.20 bits per heavy atom. The van der Waals surface area contributed by atoms with Crippen LogP contribution >= 0.6 is 11.6 Å². The number of halogens is 1. The third-order valence-corrected chi connectivity index (χ3v) is 2.65. The van der Waals surface area contributed by atoms with Gasteiger partial charge in [0.2, 0.25) is 0 Å². The molecule has 0 fully saturated rings. The van der Waals surface area contributed by atoms with Crippen LogP contribution in [0.1, 0.15) is 31.9 Å². The van der Waals surface area contributed by atoms with Gasteiger partial charge in [0.15, 0.2) is 0 Å². The lowest BCUT2D eigenvalue weighted by atomic mass is 10.0. The van der Waals surface area contributed by atoms with Gasteiger partial charge in [0.1, 0.15) is 0 Å². The van der Waals surface area contributed by atoms with E-state index in [-0.39, 0.29) is 18.7 Å². The van der Waals surface area contributed by atoms with Crippen molar-refractivity contribution in [2.45, 2.75) is 32.4 Å². The van der Waals surface area contributed by atoms with Crippen LogP contribution in [0.25, 0.3) is 0 Å². The van der Waals surface area contributed by atoms with E-state index >= 15 is 0 Å². The van der Waals surface area contributed by atoms with Gasteiger partial charge in [-0.2, -0.15) is 0 Å². The summed E-state index contributed by atoms with van der Waals surface area (Å²) in [6, 6.07) is 8.20. The molecule has 15 heavy (non-hydrogen) atoms. The molecule has 0 heterocycles. The third-order valence-electron chi connectivity index (χ3n) is 2.42. The fraction of sp³-hybridized carbons (Fsp3) is 0.500. The predicted molar refractivity (Wildman–Crippen MR) is 64.2 cm³/mol. The Kier molecular flexibility index (Phi) is 5.09. The second-order valence-corrected chi connectivity index (χ2v) is 4.20. The second kappa shape index (κ2) is 6.11. The number of nitrogens with one attached hydrogen (secondary N) is 1. The van der Waals surface area contributed by atoms with Crippen molar-refractivity contribution in [1.82, 2.24) is 5.32 Å². The van der Waals surface area contributed by atoms with Crippen molar-refractivity contribution in [3.05, 3.63) is 34.9 Å². The van der Waals surface area contributed by atoms with Gasteiger partial charge in [-0.05, 0) is 31.0 Å². The Bertz CT molecular complexity index is 303. The maximum atomic E-state index is 8.99. The summed E-state index contributed by atoms with van der Waals surface area (Å²) in [5, 5.41) is 13.1. The van der Waals surface area contributed by atoms with Crippen molar-refractivity contribution in [2.24, 2.45) is 0 Å². The molecule has 0 bridgehead atoms. The van der Waals surface area contributed by atoms with Gasteiger partial charge in [0, 0.05) is 17.1 Å². The molecular weight excluding hydrogens is 210 g/mol. The molecule has 84 valence electrons. The van der Waals surface area contributed by atoms with Crippen LogP contribution in [0, 0.1) is 0 Å². The van der Waals surface area contributed by atoms with E-state index in [1.165, 1.54) is 5.56 Å². The van der Waals surface area contributed by atoms with Crippen molar-refractivity contribution in [2.75, 3.05) is 6.61 Å². The Labute approximate surface area is 96.3 Å². The highest BCUT2D eigenvalue weighted by atomic mass is 35.5. The van der Waals surface area contributed by atoms with E-state index in [9.17, 15) is 0 Å². The SMILES string of the molecule is CCC(N[C@@H](C)CO)c1cccc(Cl)c1. The van der Waals surface area contributed by atoms with Gasteiger partial charge >= 0.3 is 0 Å². The van der Waals surface area contributed by atoms with Crippen LogP contribution in [-0.4, -0.2) is 17.8 Å². The van der Waals surface area contributed by atoms with Crippen LogP contribution in [0.3, 0.4) is 0 Å². The van der Waals surface area contributed by atoms with Crippen molar-refractivity contribution < 1.29 is 5.11 Å². The molecular formula is C12H18ClNO. The molecule has 1 rings (SSSR count). The van der Waals surface area contributed by atoms with Gasteiger partial charge in [-0.3, -0.25) is 0 Å². The lowest BCUT2D eigenvalue weighted by Gasteiger charge is -2.21. The number of hydrogen-bond acceptors (Lipinski definition) is 2. The molecule has 0 aliphatic carbocycles. The summed E-state index contributed by atoms with van der Waals surface area (Å²) in [7, 11) is 0. The Morgan fingerprint density at radius 1 is 1.47 bits per heavy atom. The van der Waals surface area contributed by atoms with E-state index in [2.05, 4.69) is 18.3 Å². The first-order chi connectivity index (χ1) is 7.17. The largest absolute Gasteiger partial charge is 0.395 e. The summed E-state index contributed by atoms with van der Waals surface area (Å²) in [4.78, 5) is 0. The Morgan fingerprint density at radius 3 is 2.73 bits per heavy atom. The minimum Gasteiger partial charge on any atom is -0.395 e. The standard InChI is InChI=1S/C12H18ClNO/c1-3-12(14-9(2)8-15)10-5-4-6-11(13)7-10/h4-7,9,12,14-15H,3,8H2,1-2H3/t9-,12?/m0/s1. The normalized spacial score (nSPS) is 14.9. The average molecular weight is 228 g/mol. The molecule has 0 aliphatic rings. The fourth-order valence-electron chi connectivity index (χ4n) is 1.57. The molecule has 0 radical (unpaired) electrons. The highest BCUT2D eigenvalue weighted by Crippen LogP contribution is 2.20. The minimum atomic E-state index is 0.105. The zero-order chi connectivity index (χ0) is 11.3. The molecule has 0 saturated heterocycles. The minimum absolute atomic E-state index is 0.105. The van der Waals surface area contributed by atoms with E-state index in [1.54, 1.807) is 0 Å². The van der Waals surface area contributed by atoms with E-state index in [1.807, 2.05) is 25.1 Å². The van der Waals surface area contributed by atoms with Crippen LogP contribution in [0.15, 0.2) is 24.3 Å². The number of benzene rings is 1. The fourth-order valence-corrected chi connectivity index (χ4v) is 1.77. The van der Waals surface area contributed by atoms with Crippen LogP contribution in [-0.2, 0) is 0 Å². The predicted octanol–water partition coefficient (Wildman–Crippen LogP) is 2.76. The molecule has 0 aromatic heterocycles.